The lowest BCUT2D eigenvalue weighted by Crippen LogP contribution is -2.63. The fourth-order valence-electron chi connectivity index (χ4n) is 3.85. The van der Waals surface area contributed by atoms with Crippen molar-refractivity contribution in [3.05, 3.63) is 59.9 Å². The zero-order valence-corrected chi connectivity index (χ0v) is 15.8. The Hall–Kier alpha value is -2.93. The highest BCUT2D eigenvalue weighted by Crippen LogP contribution is 2.25. The first-order chi connectivity index (χ1) is 13.5. The van der Waals surface area contributed by atoms with Gasteiger partial charge in [0.2, 0.25) is 5.91 Å². The first kappa shape index (κ1) is 18.4. The number of nitrogens with zero attached hydrogens (tertiary/aromatic N) is 3. The second-order valence-corrected chi connectivity index (χ2v) is 7.18. The molecule has 146 valence electrons. The molecule has 28 heavy (non-hydrogen) atoms. The number of urea groups is 1. The summed E-state index contributed by atoms with van der Waals surface area (Å²) in [6.07, 6.45) is -0.0491. The van der Waals surface area contributed by atoms with E-state index in [2.05, 4.69) is 15.1 Å². The smallest absolute Gasteiger partial charge is 0.330 e. The van der Waals surface area contributed by atoms with E-state index < -0.39 is 0 Å². The maximum absolute atomic E-state index is 13.1. The minimum atomic E-state index is -0.378. The molecule has 2 heterocycles. The fraction of sp³-hybridized carbons (Fsp3) is 0.333. The molecule has 0 saturated carbocycles. The number of aryl methyl sites for hydroxylation is 1. The van der Waals surface area contributed by atoms with Gasteiger partial charge in [-0.2, -0.15) is 0 Å². The van der Waals surface area contributed by atoms with Crippen LogP contribution in [0.2, 0.25) is 0 Å². The summed E-state index contributed by atoms with van der Waals surface area (Å²) in [6.45, 7) is 4.85. The van der Waals surface area contributed by atoms with Gasteiger partial charge in [0.25, 0.3) is 0 Å². The molecule has 2 aromatic carbocycles. The number of para-hydroxylation sites is 1. The third-order valence-electron chi connectivity index (χ3n) is 5.41. The van der Waals surface area contributed by atoms with Crippen LogP contribution >= 0.6 is 0 Å². The summed E-state index contributed by atoms with van der Waals surface area (Å²) in [5.74, 6) is -0.437. The largest absolute Gasteiger partial charge is 0.369 e. The van der Waals surface area contributed by atoms with Crippen molar-refractivity contribution in [3.63, 3.8) is 0 Å². The van der Waals surface area contributed by atoms with Crippen LogP contribution < -0.4 is 15.1 Å². The van der Waals surface area contributed by atoms with Crippen molar-refractivity contribution >= 4 is 23.3 Å². The van der Waals surface area contributed by atoms with Crippen LogP contribution in [0.4, 0.5) is 20.6 Å². The topological polar surface area (TPSA) is 55.9 Å². The van der Waals surface area contributed by atoms with Gasteiger partial charge in [-0.3, -0.25) is 9.69 Å². The van der Waals surface area contributed by atoms with Crippen molar-refractivity contribution in [3.8, 4) is 0 Å². The third kappa shape index (κ3) is 3.57. The minimum absolute atomic E-state index is 0.191. The zero-order valence-electron chi connectivity index (χ0n) is 15.8. The van der Waals surface area contributed by atoms with E-state index in [9.17, 15) is 14.0 Å². The van der Waals surface area contributed by atoms with E-state index in [-0.39, 0.29) is 30.3 Å². The van der Waals surface area contributed by atoms with Gasteiger partial charge in [0.1, 0.15) is 5.82 Å². The lowest BCUT2D eigenvalue weighted by atomic mass is 10.1. The predicted molar refractivity (Wildman–Crippen MR) is 106 cm³/mol. The Morgan fingerprint density at radius 2 is 1.64 bits per heavy atom. The molecule has 1 unspecified atom stereocenters. The molecule has 0 aromatic heterocycles. The quantitative estimate of drug-likeness (QED) is 0.887. The summed E-state index contributed by atoms with van der Waals surface area (Å²) in [5.41, 5.74) is 2.50. The van der Waals surface area contributed by atoms with E-state index in [0.717, 1.165) is 37.4 Å². The Kier molecular flexibility index (Phi) is 5.00. The maximum Gasteiger partial charge on any atom is 0.330 e. The molecule has 0 aliphatic carbocycles. The summed E-state index contributed by atoms with van der Waals surface area (Å²) in [6, 6.07) is 13.5. The normalized spacial score (nSPS) is 21.0. The number of hydrogen-bond donors (Lipinski definition) is 1. The van der Waals surface area contributed by atoms with Crippen LogP contribution in [-0.4, -0.2) is 49.2 Å². The number of hydrogen-bond acceptors (Lipinski definition) is 4. The van der Waals surface area contributed by atoms with E-state index in [0.29, 0.717) is 5.69 Å². The van der Waals surface area contributed by atoms with Gasteiger partial charge in [0.15, 0.2) is 0 Å². The Morgan fingerprint density at radius 3 is 2.29 bits per heavy atom. The highest BCUT2D eigenvalue weighted by Gasteiger charge is 2.37. The molecule has 2 fully saturated rings. The van der Waals surface area contributed by atoms with Gasteiger partial charge in [-0.05, 0) is 42.8 Å². The molecular weight excluding hydrogens is 359 g/mol. The van der Waals surface area contributed by atoms with Crippen LogP contribution in [0.15, 0.2) is 48.5 Å². The summed E-state index contributed by atoms with van der Waals surface area (Å²) in [4.78, 5) is 30.9. The van der Waals surface area contributed by atoms with Crippen LogP contribution in [0, 0.1) is 12.7 Å². The van der Waals surface area contributed by atoms with E-state index in [1.54, 1.807) is 18.2 Å². The van der Waals surface area contributed by atoms with Crippen LogP contribution in [-0.2, 0) is 4.79 Å². The molecule has 2 aliphatic heterocycles. The highest BCUT2D eigenvalue weighted by molar-refractivity contribution is 6.16. The van der Waals surface area contributed by atoms with Gasteiger partial charge >= 0.3 is 6.03 Å². The fourth-order valence-corrected chi connectivity index (χ4v) is 3.85. The number of benzene rings is 2. The molecule has 4 rings (SSSR count). The average Bonchev–Trinajstić information content (AvgIpc) is 2.69. The number of nitrogens with one attached hydrogen (secondary N) is 1. The Morgan fingerprint density at radius 1 is 0.964 bits per heavy atom. The molecule has 0 radical (unpaired) electrons. The van der Waals surface area contributed by atoms with Crippen molar-refractivity contribution in [1.82, 2.24) is 10.2 Å². The van der Waals surface area contributed by atoms with Crippen LogP contribution in [0.25, 0.3) is 0 Å². The molecule has 2 aromatic rings. The predicted octanol–water partition coefficient (Wildman–Crippen LogP) is 2.73. The van der Waals surface area contributed by atoms with Gasteiger partial charge < -0.3 is 10.2 Å². The average molecular weight is 382 g/mol. The second kappa shape index (κ2) is 7.59. The van der Waals surface area contributed by atoms with Crippen molar-refractivity contribution in [2.75, 3.05) is 36.0 Å². The number of amides is 3. The van der Waals surface area contributed by atoms with Crippen LogP contribution in [0.5, 0.6) is 0 Å². The first-order valence-corrected chi connectivity index (χ1v) is 9.46. The van der Waals surface area contributed by atoms with Gasteiger partial charge in [-0.15, -0.1) is 0 Å². The molecule has 1 N–H and O–H groups in total. The molecule has 0 bridgehead atoms. The number of piperazine rings is 1. The van der Waals surface area contributed by atoms with E-state index in [1.165, 1.54) is 17.0 Å². The molecule has 2 aliphatic rings. The molecule has 0 spiro atoms. The van der Waals surface area contributed by atoms with E-state index in [1.807, 2.05) is 25.1 Å². The van der Waals surface area contributed by atoms with Crippen molar-refractivity contribution in [2.24, 2.45) is 0 Å². The van der Waals surface area contributed by atoms with Crippen molar-refractivity contribution in [2.45, 2.75) is 19.5 Å². The molecule has 7 heteroatoms. The molecule has 2 saturated heterocycles. The van der Waals surface area contributed by atoms with Crippen LogP contribution in [0.1, 0.15) is 12.0 Å². The number of carbonyl (C=O) groups excluding carboxylic acids is 2. The highest BCUT2D eigenvalue weighted by atomic mass is 19.1. The maximum atomic E-state index is 13.1. The number of carbonyl (C=O) groups is 2. The summed E-state index contributed by atoms with van der Waals surface area (Å²) >= 11 is 0. The third-order valence-corrected chi connectivity index (χ3v) is 5.41. The number of imide groups is 1. The van der Waals surface area contributed by atoms with Gasteiger partial charge in [-0.1, -0.05) is 18.2 Å². The standard InChI is InChI=1S/C21H23FN4O2/c1-15-4-2-3-5-18(15)26-20(27)14-19(23-21(26)28)25-12-10-24(11-13-25)17-8-6-16(22)7-9-17/h2-9,19H,10-14H2,1H3,(H,23,28). The van der Waals surface area contributed by atoms with Gasteiger partial charge in [-0.25, -0.2) is 14.1 Å². The Labute approximate surface area is 163 Å². The van der Waals surface area contributed by atoms with Crippen LogP contribution in [0.3, 0.4) is 0 Å². The van der Waals surface area contributed by atoms with Gasteiger partial charge in [0, 0.05) is 31.9 Å². The lowest BCUT2D eigenvalue weighted by molar-refractivity contribution is -0.120. The zero-order chi connectivity index (χ0) is 19.7. The Bertz CT molecular complexity index is 860. The van der Waals surface area contributed by atoms with Crippen molar-refractivity contribution in [1.29, 1.82) is 0 Å². The molecule has 6 nitrogen and oxygen atoms in total. The number of anilines is 2. The van der Waals surface area contributed by atoms with Gasteiger partial charge in [0.05, 0.1) is 18.3 Å². The molecule has 3 amide bonds. The summed E-state index contributed by atoms with van der Waals surface area (Å²) in [7, 11) is 0. The van der Waals surface area contributed by atoms with E-state index in [4.69, 9.17) is 0 Å². The minimum Gasteiger partial charge on any atom is -0.369 e. The lowest BCUT2D eigenvalue weighted by Gasteiger charge is -2.42. The number of halogens is 1. The number of rotatable bonds is 3. The SMILES string of the molecule is Cc1ccccc1N1C(=O)CC(N2CCN(c3ccc(F)cc3)CC2)NC1=O. The Balaban J connectivity index is 1.39. The first-order valence-electron chi connectivity index (χ1n) is 9.46. The monoisotopic (exact) mass is 382 g/mol. The summed E-state index contributed by atoms with van der Waals surface area (Å²) in [5, 5.41) is 2.98. The molecule has 1 atom stereocenters. The van der Waals surface area contributed by atoms with Crippen molar-refractivity contribution < 1.29 is 14.0 Å². The second-order valence-electron chi connectivity index (χ2n) is 7.18. The molecular formula is C21H23FN4O2. The van der Waals surface area contributed by atoms with E-state index >= 15 is 0 Å². The summed E-state index contributed by atoms with van der Waals surface area (Å²) < 4.78 is 13.1.